The Morgan fingerprint density at radius 2 is 1.95 bits per heavy atom. The quantitative estimate of drug-likeness (QED) is 0.832. The molecule has 2 aliphatic rings. The van der Waals surface area contributed by atoms with E-state index in [0.29, 0.717) is 0 Å². The second-order valence-electron chi connectivity index (χ2n) is 5.44. The maximum absolute atomic E-state index is 5.84. The molecule has 21 heavy (non-hydrogen) atoms. The van der Waals surface area contributed by atoms with Crippen LogP contribution < -0.4 is 4.90 Å². The maximum Gasteiger partial charge on any atom is 0.167 e. The number of ether oxygens (including phenoxy) is 2. The molecule has 7 nitrogen and oxygen atoms in total. The molecule has 0 spiro atoms. The predicted molar refractivity (Wildman–Crippen MR) is 77.2 cm³/mol. The largest absolute Gasteiger partial charge is 0.378 e. The Kier molecular flexibility index (Phi) is 3.44. The van der Waals surface area contributed by atoms with Gasteiger partial charge in [0.05, 0.1) is 19.5 Å². The molecule has 2 aromatic rings. The zero-order valence-corrected chi connectivity index (χ0v) is 11.9. The van der Waals surface area contributed by atoms with Crippen LogP contribution in [0, 0.1) is 0 Å². The monoisotopic (exact) mass is 289 g/mol. The molecular weight excluding hydrogens is 270 g/mol. The molecule has 7 heteroatoms. The Balaban J connectivity index is 1.71. The molecular formula is C14H19N5O2. The lowest BCUT2D eigenvalue weighted by Crippen LogP contribution is -2.37. The van der Waals surface area contributed by atoms with Crippen LogP contribution in [0.5, 0.6) is 0 Å². The average Bonchev–Trinajstić information content (AvgIpc) is 3.00. The maximum atomic E-state index is 5.84. The summed E-state index contributed by atoms with van der Waals surface area (Å²) in [5, 5.41) is 0. The SMILES string of the molecule is c1nc(N2CCOCC2)c2ncn(C3CCCCO3)c2n1. The third-order valence-electron chi connectivity index (χ3n) is 4.12. The van der Waals surface area contributed by atoms with Gasteiger partial charge in [-0.25, -0.2) is 15.0 Å². The fourth-order valence-corrected chi connectivity index (χ4v) is 3.00. The van der Waals surface area contributed by atoms with Crippen molar-refractivity contribution in [2.75, 3.05) is 37.8 Å². The van der Waals surface area contributed by atoms with Crippen molar-refractivity contribution in [2.45, 2.75) is 25.5 Å². The number of aromatic nitrogens is 4. The molecule has 2 aromatic heterocycles. The van der Waals surface area contributed by atoms with Crippen molar-refractivity contribution in [1.82, 2.24) is 19.5 Å². The Labute approximate surface area is 122 Å². The lowest BCUT2D eigenvalue weighted by atomic mass is 10.2. The number of fused-ring (bicyclic) bond motifs is 1. The minimum absolute atomic E-state index is 0.0520. The van der Waals surface area contributed by atoms with Crippen molar-refractivity contribution in [1.29, 1.82) is 0 Å². The van der Waals surface area contributed by atoms with Crippen LogP contribution in [0.1, 0.15) is 25.5 Å². The van der Waals surface area contributed by atoms with Crippen LogP contribution in [0.25, 0.3) is 11.2 Å². The minimum atomic E-state index is 0.0520. The molecule has 2 fully saturated rings. The Hall–Kier alpha value is -1.73. The molecule has 1 atom stereocenters. The standard InChI is InChI=1S/C14H19N5O2/c1-2-6-21-11(3-1)19-10-17-12-13(15-9-16-14(12)19)18-4-7-20-8-5-18/h9-11H,1-8H2. The molecule has 0 aliphatic carbocycles. The van der Waals surface area contributed by atoms with Crippen molar-refractivity contribution in [3.63, 3.8) is 0 Å². The van der Waals surface area contributed by atoms with E-state index in [2.05, 4.69) is 19.9 Å². The Bertz CT molecular complexity index is 617. The van der Waals surface area contributed by atoms with Crippen molar-refractivity contribution in [2.24, 2.45) is 0 Å². The van der Waals surface area contributed by atoms with Crippen molar-refractivity contribution in [3.05, 3.63) is 12.7 Å². The van der Waals surface area contributed by atoms with Crippen molar-refractivity contribution in [3.8, 4) is 0 Å². The highest BCUT2D eigenvalue weighted by atomic mass is 16.5. The van der Waals surface area contributed by atoms with E-state index in [1.807, 2.05) is 10.9 Å². The molecule has 112 valence electrons. The van der Waals surface area contributed by atoms with Crippen LogP contribution in [0.2, 0.25) is 0 Å². The zero-order valence-electron chi connectivity index (χ0n) is 11.9. The molecule has 2 saturated heterocycles. The number of morpholine rings is 1. The Morgan fingerprint density at radius 1 is 1.05 bits per heavy atom. The molecule has 0 bridgehead atoms. The summed E-state index contributed by atoms with van der Waals surface area (Å²) in [6.45, 7) is 3.97. The molecule has 0 saturated carbocycles. The van der Waals surface area contributed by atoms with Gasteiger partial charge in [-0.2, -0.15) is 0 Å². The molecule has 4 heterocycles. The van der Waals surface area contributed by atoms with Gasteiger partial charge in [0.1, 0.15) is 12.6 Å². The van der Waals surface area contributed by atoms with Crippen LogP contribution in [-0.4, -0.2) is 52.4 Å². The number of hydrogen-bond donors (Lipinski definition) is 0. The van der Waals surface area contributed by atoms with Crippen LogP contribution >= 0.6 is 0 Å². The highest BCUT2D eigenvalue weighted by Gasteiger charge is 2.22. The first-order chi connectivity index (χ1) is 10.4. The number of nitrogens with zero attached hydrogens (tertiary/aromatic N) is 5. The van der Waals surface area contributed by atoms with Gasteiger partial charge in [0, 0.05) is 19.7 Å². The van der Waals surface area contributed by atoms with E-state index in [-0.39, 0.29) is 6.23 Å². The smallest absolute Gasteiger partial charge is 0.167 e. The summed E-state index contributed by atoms with van der Waals surface area (Å²) in [5.41, 5.74) is 1.71. The van der Waals surface area contributed by atoms with Gasteiger partial charge in [0.25, 0.3) is 0 Å². The summed E-state index contributed by atoms with van der Waals surface area (Å²) in [6, 6.07) is 0. The summed E-state index contributed by atoms with van der Waals surface area (Å²) in [4.78, 5) is 15.6. The fraction of sp³-hybridized carbons (Fsp3) is 0.643. The molecule has 0 aromatic carbocycles. The van der Waals surface area contributed by atoms with Gasteiger partial charge in [-0.3, -0.25) is 4.57 Å². The second kappa shape index (κ2) is 5.57. The summed E-state index contributed by atoms with van der Waals surface area (Å²) in [6.07, 6.45) is 6.84. The van der Waals surface area contributed by atoms with Gasteiger partial charge in [-0.1, -0.05) is 0 Å². The first kappa shape index (κ1) is 13.0. The van der Waals surface area contributed by atoms with Crippen molar-refractivity contribution < 1.29 is 9.47 Å². The second-order valence-corrected chi connectivity index (χ2v) is 5.44. The average molecular weight is 289 g/mol. The molecule has 0 N–H and O–H groups in total. The topological polar surface area (TPSA) is 65.3 Å². The molecule has 1 unspecified atom stereocenters. The van der Waals surface area contributed by atoms with E-state index in [1.54, 1.807) is 6.33 Å². The van der Waals surface area contributed by atoms with Gasteiger partial charge in [0.2, 0.25) is 0 Å². The molecule has 4 rings (SSSR count). The molecule has 0 amide bonds. The lowest BCUT2D eigenvalue weighted by molar-refractivity contribution is -0.0298. The predicted octanol–water partition coefficient (Wildman–Crippen LogP) is 1.36. The fourth-order valence-electron chi connectivity index (χ4n) is 3.00. The third-order valence-corrected chi connectivity index (χ3v) is 4.12. The van der Waals surface area contributed by atoms with E-state index in [1.165, 1.54) is 6.42 Å². The summed E-state index contributed by atoms with van der Waals surface area (Å²) >= 11 is 0. The highest BCUT2D eigenvalue weighted by Crippen LogP contribution is 2.28. The molecule has 0 radical (unpaired) electrons. The lowest BCUT2D eigenvalue weighted by Gasteiger charge is -2.28. The van der Waals surface area contributed by atoms with E-state index >= 15 is 0 Å². The summed E-state index contributed by atoms with van der Waals surface area (Å²) in [7, 11) is 0. The van der Waals surface area contributed by atoms with Crippen molar-refractivity contribution >= 4 is 17.0 Å². The Morgan fingerprint density at radius 3 is 2.76 bits per heavy atom. The van der Waals surface area contributed by atoms with E-state index in [4.69, 9.17) is 9.47 Å². The van der Waals surface area contributed by atoms with Crippen LogP contribution in [0.15, 0.2) is 12.7 Å². The number of hydrogen-bond acceptors (Lipinski definition) is 6. The number of anilines is 1. The number of imidazole rings is 1. The normalized spacial score (nSPS) is 23.6. The highest BCUT2D eigenvalue weighted by molar-refractivity contribution is 5.83. The van der Waals surface area contributed by atoms with Gasteiger partial charge >= 0.3 is 0 Å². The summed E-state index contributed by atoms with van der Waals surface area (Å²) in [5.74, 6) is 0.901. The third kappa shape index (κ3) is 2.36. The van der Waals surface area contributed by atoms with Crippen LogP contribution in [0.4, 0.5) is 5.82 Å². The molecule has 2 aliphatic heterocycles. The first-order valence-electron chi connectivity index (χ1n) is 7.55. The number of rotatable bonds is 2. The van der Waals surface area contributed by atoms with Gasteiger partial charge < -0.3 is 14.4 Å². The zero-order chi connectivity index (χ0) is 14.1. The van der Waals surface area contributed by atoms with Gasteiger partial charge in [-0.05, 0) is 19.3 Å². The van der Waals surface area contributed by atoms with Crippen LogP contribution in [-0.2, 0) is 9.47 Å². The van der Waals surface area contributed by atoms with Gasteiger partial charge in [-0.15, -0.1) is 0 Å². The van der Waals surface area contributed by atoms with E-state index in [0.717, 1.165) is 62.7 Å². The summed E-state index contributed by atoms with van der Waals surface area (Å²) < 4.78 is 13.3. The minimum Gasteiger partial charge on any atom is -0.378 e. The van der Waals surface area contributed by atoms with Gasteiger partial charge in [0.15, 0.2) is 17.0 Å². The van der Waals surface area contributed by atoms with E-state index < -0.39 is 0 Å². The first-order valence-corrected chi connectivity index (χ1v) is 7.55. The van der Waals surface area contributed by atoms with Crippen LogP contribution in [0.3, 0.4) is 0 Å². The van der Waals surface area contributed by atoms with E-state index in [9.17, 15) is 0 Å².